The molecule has 0 radical (unpaired) electrons. The number of likely N-dealkylation sites (tertiary alicyclic amines) is 1. The molecule has 0 bridgehead atoms. The van der Waals surface area contributed by atoms with Crippen LogP contribution in [0.25, 0.3) is 10.8 Å². The highest BCUT2D eigenvalue weighted by atomic mass is 16.5. The minimum atomic E-state index is 0.173. The van der Waals surface area contributed by atoms with Crippen LogP contribution in [0.15, 0.2) is 48.8 Å². The van der Waals surface area contributed by atoms with E-state index in [1.54, 1.807) is 13.3 Å². The van der Waals surface area contributed by atoms with Crippen molar-refractivity contribution in [1.82, 2.24) is 19.9 Å². The Morgan fingerprint density at radius 3 is 2.84 bits per heavy atom. The topological polar surface area (TPSA) is 60.2 Å². The standard InChI is InChI=1S/C19H20N4O2/c1-25-18-8-6-14-4-2-3-5-16(14)17(18)7-9-19(24)22-12-15(13-22)23-11-10-20-21-23/h2-6,8,10-11,15H,7,9,12-13H2,1H3. The average Bonchev–Trinajstić information content (AvgIpc) is 3.12. The van der Waals surface area contributed by atoms with Crippen molar-refractivity contribution >= 4 is 16.7 Å². The van der Waals surface area contributed by atoms with Gasteiger partial charge < -0.3 is 9.64 Å². The van der Waals surface area contributed by atoms with E-state index in [4.69, 9.17) is 4.74 Å². The number of methoxy groups -OCH3 is 1. The van der Waals surface area contributed by atoms with E-state index in [0.29, 0.717) is 25.9 Å². The molecule has 6 nitrogen and oxygen atoms in total. The molecular weight excluding hydrogens is 316 g/mol. The molecule has 1 aromatic heterocycles. The number of hydrogen-bond donors (Lipinski definition) is 0. The largest absolute Gasteiger partial charge is 0.496 e. The SMILES string of the molecule is COc1ccc2ccccc2c1CCC(=O)N1CC(n2ccnn2)C1. The predicted octanol–water partition coefficient (Wildman–Crippen LogP) is 2.46. The lowest BCUT2D eigenvalue weighted by molar-refractivity contribution is -0.137. The molecule has 1 aliphatic rings. The van der Waals surface area contributed by atoms with Gasteiger partial charge in [-0.1, -0.05) is 35.5 Å². The molecule has 3 aromatic rings. The zero-order chi connectivity index (χ0) is 17.2. The van der Waals surface area contributed by atoms with Gasteiger partial charge in [0.1, 0.15) is 5.75 Å². The van der Waals surface area contributed by atoms with E-state index in [1.165, 1.54) is 5.39 Å². The summed E-state index contributed by atoms with van der Waals surface area (Å²) in [4.78, 5) is 14.4. The van der Waals surface area contributed by atoms with Gasteiger partial charge in [0, 0.05) is 31.3 Å². The Bertz CT molecular complexity index is 886. The maximum atomic E-state index is 12.5. The molecule has 1 amide bonds. The Hall–Kier alpha value is -2.89. The molecule has 1 saturated heterocycles. The third kappa shape index (κ3) is 2.95. The Kier molecular flexibility index (Phi) is 4.09. The van der Waals surface area contributed by atoms with Gasteiger partial charge in [0.15, 0.2) is 0 Å². The highest BCUT2D eigenvalue weighted by Gasteiger charge is 2.32. The van der Waals surface area contributed by atoms with Crippen molar-refractivity contribution in [1.29, 1.82) is 0 Å². The maximum Gasteiger partial charge on any atom is 0.223 e. The molecule has 2 aromatic carbocycles. The molecule has 6 heteroatoms. The van der Waals surface area contributed by atoms with Crippen molar-refractivity contribution < 1.29 is 9.53 Å². The molecule has 1 fully saturated rings. The molecule has 0 atom stereocenters. The summed E-state index contributed by atoms with van der Waals surface area (Å²) in [5, 5.41) is 10.1. The Labute approximate surface area is 146 Å². The van der Waals surface area contributed by atoms with Crippen LogP contribution in [0.3, 0.4) is 0 Å². The van der Waals surface area contributed by atoms with Crippen LogP contribution in [-0.2, 0) is 11.2 Å². The number of fused-ring (bicyclic) bond motifs is 1. The fourth-order valence-electron chi connectivity index (χ4n) is 3.39. The van der Waals surface area contributed by atoms with Crippen LogP contribution in [0.2, 0.25) is 0 Å². The first-order valence-corrected chi connectivity index (χ1v) is 8.44. The van der Waals surface area contributed by atoms with Gasteiger partial charge in [-0.25, -0.2) is 4.68 Å². The van der Waals surface area contributed by atoms with Crippen LogP contribution >= 0.6 is 0 Å². The Morgan fingerprint density at radius 1 is 1.24 bits per heavy atom. The Morgan fingerprint density at radius 2 is 2.08 bits per heavy atom. The number of aryl methyl sites for hydroxylation is 1. The summed E-state index contributed by atoms with van der Waals surface area (Å²) in [6.07, 6.45) is 4.66. The van der Waals surface area contributed by atoms with Gasteiger partial charge in [-0.2, -0.15) is 0 Å². The molecule has 0 saturated carbocycles. The molecule has 25 heavy (non-hydrogen) atoms. The first-order chi connectivity index (χ1) is 12.3. The van der Waals surface area contributed by atoms with E-state index in [0.717, 1.165) is 16.7 Å². The van der Waals surface area contributed by atoms with Gasteiger partial charge in [0.05, 0.1) is 19.3 Å². The molecule has 0 unspecified atom stereocenters. The second-order valence-corrected chi connectivity index (χ2v) is 6.30. The minimum absolute atomic E-state index is 0.173. The van der Waals surface area contributed by atoms with Gasteiger partial charge >= 0.3 is 0 Å². The Balaban J connectivity index is 1.43. The number of carbonyl (C=O) groups is 1. The fourth-order valence-corrected chi connectivity index (χ4v) is 3.39. The third-order valence-corrected chi connectivity index (χ3v) is 4.84. The lowest BCUT2D eigenvalue weighted by Gasteiger charge is -2.39. The number of rotatable bonds is 5. The second kappa shape index (κ2) is 6.55. The van der Waals surface area contributed by atoms with E-state index in [2.05, 4.69) is 28.5 Å². The first-order valence-electron chi connectivity index (χ1n) is 8.44. The first kappa shape index (κ1) is 15.6. The minimum Gasteiger partial charge on any atom is -0.496 e. The summed E-state index contributed by atoms with van der Waals surface area (Å²) >= 11 is 0. The smallest absolute Gasteiger partial charge is 0.223 e. The predicted molar refractivity (Wildman–Crippen MR) is 94.5 cm³/mol. The quantitative estimate of drug-likeness (QED) is 0.718. The molecule has 0 spiro atoms. The van der Waals surface area contributed by atoms with Crippen LogP contribution in [-0.4, -0.2) is 46.0 Å². The number of amides is 1. The summed E-state index contributed by atoms with van der Waals surface area (Å²) in [6, 6.07) is 12.5. The molecule has 4 rings (SSSR count). The number of aromatic nitrogens is 3. The van der Waals surface area contributed by atoms with Gasteiger partial charge in [-0.3, -0.25) is 4.79 Å². The normalized spacial score (nSPS) is 14.5. The monoisotopic (exact) mass is 336 g/mol. The molecule has 2 heterocycles. The lowest BCUT2D eigenvalue weighted by atomic mass is 9.98. The van der Waals surface area contributed by atoms with Crippen molar-refractivity contribution in [2.24, 2.45) is 0 Å². The fraction of sp³-hybridized carbons (Fsp3) is 0.316. The van der Waals surface area contributed by atoms with Crippen LogP contribution in [0.5, 0.6) is 5.75 Å². The maximum absolute atomic E-state index is 12.5. The summed E-state index contributed by atoms with van der Waals surface area (Å²) in [6.45, 7) is 1.41. The van der Waals surface area contributed by atoms with Crippen molar-refractivity contribution in [3.63, 3.8) is 0 Å². The van der Waals surface area contributed by atoms with E-state index in [1.807, 2.05) is 34.0 Å². The highest BCUT2D eigenvalue weighted by molar-refractivity contribution is 5.88. The van der Waals surface area contributed by atoms with Crippen molar-refractivity contribution in [3.8, 4) is 5.75 Å². The van der Waals surface area contributed by atoms with Crippen molar-refractivity contribution in [2.45, 2.75) is 18.9 Å². The van der Waals surface area contributed by atoms with E-state index in [-0.39, 0.29) is 11.9 Å². The molecule has 0 N–H and O–H groups in total. The van der Waals surface area contributed by atoms with Gasteiger partial charge in [0.25, 0.3) is 0 Å². The van der Waals surface area contributed by atoms with Gasteiger partial charge in [-0.15, -0.1) is 5.10 Å². The van der Waals surface area contributed by atoms with E-state index in [9.17, 15) is 4.79 Å². The van der Waals surface area contributed by atoms with Crippen LogP contribution in [0.1, 0.15) is 18.0 Å². The van der Waals surface area contributed by atoms with Crippen LogP contribution in [0.4, 0.5) is 0 Å². The number of benzene rings is 2. The summed E-state index contributed by atoms with van der Waals surface area (Å²) in [5.74, 6) is 1.02. The van der Waals surface area contributed by atoms with Gasteiger partial charge in [-0.05, 0) is 23.3 Å². The van der Waals surface area contributed by atoms with Crippen molar-refractivity contribution in [3.05, 3.63) is 54.4 Å². The lowest BCUT2D eigenvalue weighted by Crippen LogP contribution is -2.50. The third-order valence-electron chi connectivity index (χ3n) is 4.84. The van der Waals surface area contributed by atoms with E-state index >= 15 is 0 Å². The molecule has 0 aliphatic carbocycles. The van der Waals surface area contributed by atoms with Crippen LogP contribution < -0.4 is 4.74 Å². The van der Waals surface area contributed by atoms with Crippen molar-refractivity contribution in [2.75, 3.05) is 20.2 Å². The summed E-state index contributed by atoms with van der Waals surface area (Å²) in [7, 11) is 1.67. The second-order valence-electron chi connectivity index (χ2n) is 6.30. The number of ether oxygens (including phenoxy) is 1. The highest BCUT2D eigenvalue weighted by Crippen LogP contribution is 2.30. The molecule has 1 aliphatic heterocycles. The summed E-state index contributed by atoms with van der Waals surface area (Å²) < 4.78 is 7.33. The zero-order valence-electron chi connectivity index (χ0n) is 14.1. The number of hydrogen-bond acceptors (Lipinski definition) is 4. The molecule has 128 valence electrons. The van der Waals surface area contributed by atoms with Gasteiger partial charge in [0.2, 0.25) is 5.91 Å². The number of carbonyl (C=O) groups excluding carboxylic acids is 1. The number of nitrogens with zero attached hydrogens (tertiary/aromatic N) is 4. The average molecular weight is 336 g/mol. The summed E-state index contributed by atoms with van der Waals surface area (Å²) in [5.41, 5.74) is 1.10. The van der Waals surface area contributed by atoms with Crippen LogP contribution in [0, 0.1) is 0 Å². The van der Waals surface area contributed by atoms with E-state index < -0.39 is 0 Å². The molecular formula is C19H20N4O2. The zero-order valence-corrected chi connectivity index (χ0v) is 14.1.